The molecular formula is C15H16N2O2. The van der Waals surface area contributed by atoms with E-state index in [9.17, 15) is 9.59 Å². The number of para-hydroxylation sites is 1. The number of benzene rings is 1. The monoisotopic (exact) mass is 256 g/mol. The second-order valence-corrected chi connectivity index (χ2v) is 4.91. The number of nitrogens with zero attached hydrogens (tertiary/aromatic N) is 2. The lowest BCUT2D eigenvalue weighted by Gasteiger charge is -2.24. The Balaban J connectivity index is 2.15. The van der Waals surface area contributed by atoms with E-state index in [4.69, 9.17) is 0 Å². The molecule has 0 saturated carbocycles. The summed E-state index contributed by atoms with van der Waals surface area (Å²) in [4.78, 5) is 28.5. The molecule has 4 heteroatoms. The number of carbonyl (C=O) groups is 2. The summed E-state index contributed by atoms with van der Waals surface area (Å²) >= 11 is 0. The molecule has 0 spiro atoms. The highest BCUT2D eigenvalue weighted by Gasteiger charge is 2.41. The van der Waals surface area contributed by atoms with Gasteiger partial charge in [0.1, 0.15) is 6.04 Å². The van der Waals surface area contributed by atoms with Gasteiger partial charge in [-0.2, -0.15) is 0 Å². The summed E-state index contributed by atoms with van der Waals surface area (Å²) in [5.41, 5.74) is 1.31. The van der Waals surface area contributed by atoms with Crippen LogP contribution in [0.3, 0.4) is 0 Å². The molecule has 2 aliphatic heterocycles. The van der Waals surface area contributed by atoms with E-state index in [0.29, 0.717) is 24.3 Å². The zero-order valence-corrected chi connectivity index (χ0v) is 10.7. The number of rotatable bonds is 2. The van der Waals surface area contributed by atoms with Gasteiger partial charge in [-0.25, -0.2) is 0 Å². The number of fused-ring (bicyclic) bond motifs is 2. The third-order valence-corrected chi connectivity index (χ3v) is 3.80. The highest BCUT2D eigenvalue weighted by molar-refractivity contribution is 6.11. The molecule has 0 N–H and O–H groups in total. The molecule has 0 aliphatic carbocycles. The lowest BCUT2D eigenvalue weighted by Crippen LogP contribution is -2.44. The summed E-state index contributed by atoms with van der Waals surface area (Å²) in [6.07, 6.45) is 3.35. The van der Waals surface area contributed by atoms with E-state index in [1.54, 1.807) is 21.9 Å². The second-order valence-electron chi connectivity index (χ2n) is 4.91. The van der Waals surface area contributed by atoms with Crippen molar-refractivity contribution in [3.8, 4) is 0 Å². The first kappa shape index (κ1) is 12.0. The lowest BCUT2D eigenvalue weighted by molar-refractivity contribution is -0.121. The Bertz CT molecular complexity index is 553. The van der Waals surface area contributed by atoms with E-state index >= 15 is 0 Å². The maximum absolute atomic E-state index is 12.6. The minimum absolute atomic E-state index is 0.00991. The third kappa shape index (κ3) is 1.75. The standard InChI is InChI=1S/C15H16N2O2/c1-2-9-16-12-7-4-3-6-11(12)14(18)17-10-5-8-13(17)15(16)19/h2-4,6-7,13H,1,5,8-10H2/t13-/m1/s1. The molecule has 0 bridgehead atoms. The Morgan fingerprint density at radius 3 is 2.89 bits per heavy atom. The van der Waals surface area contributed by atoms with Gasteiger partial charge in [0.2, 0.25) is 5.91 Å². The van der Waals surface area contributed by atoms with Crippen molar-refractivity contribution >= 4 is 17.5 Å². The summed E-state index contributed by atoms with van der Waals surface area (Å²) in [7, 11) is 0. The van der Waals surface area contributed by atoms with Crippen molar-refractivity contribution in [3.05, 3.63) is 42.5 Å². The van der Waals surface area contributed by atoms with Crippen LogP contribution in [0, 0.1) is 0 Å². The van der Waals surface area contributed by atoms with Crippen LogP contribution in [0.1, 0.15) is 23.2 Å². The number of carbonyl (C=O) groups excluding carboxylic acids is 2. The van der Waals surface area contributed by atoms with Crippen LogP contribution in [-0.4, -0.2) is 35.8 Å². The van der Waals surface area contributed by atoms with Gasteiger partial charge in [0.25, 0.3) is 5.91 Å². The first-order valence-corrected chi connectivity index (χ1v) is 6.56. The topological polar surface area (TPSA) is 40.6 Å². The molecule has 2 heterocycles. The molecule has 4 nitrogen and oxygen atoms in total. The molecule has 0 aromatic heterocycles. The first-order valence-electron chi connectivity index (χ1n) is 6.56. The van der Waals surface area contributed by atoms with Gasteiger partial charge in [-0.3, -0.25) is 9.59 Å². The normalized spacial score (nSPS) is 22.0. The van der Waals surface area contributed by atoms with Crippen LogP contribution in [0.2, 0.25) is 0 Å². The highest BCUT2D eigenvalue weighted by atomic mass is 16.2. The first-order chi connectivity index (χ1) is 9.24. The fourth-order valence-corrected chi connectivity index (χ4v) is 2.93. The molecule has 1 fully saturated rings. The molecule has 19 heavy (non-hydrogen) atoms. The highest BCUT2D eigenvalue weighted by Crippen LogP contribution is 2.32. The van der Waals surface area contributed by atoms with Crippen molar-refractivity contribution in [1.82, 2.24) is 4.90 Å². The third-order valence-electron chi connectivity index (χ3n) is 3.80. The van der Waals surface area contributed by atoms with Crippen LogP contribution in [0.15, 0.2) is 36.9 Å². The van der Waals surface area contributed by atoms with Crippen molar-refractivity contribution < 1.29 is 9.59 Å². The maximum Gasteiger partial charge on any atom is 0.256 e. The molecule has 2 amide bonds. The van der Waals surface area contributed by atoms with Crippen LogP contribution in [0.4, 0.5) is 5.69 Å². The minimum Gasteiger partial charge on any atom is -0.327 e. The Morgan fingerprint density at radius 1 is 1.32 bits per heavy atom. The van der Waals surface area contributed by atoms with E-state index in [2.05, 4.69) is 6.58 Å². The fourth-order valence-electron chi connectivity index (χ4n) is 2.93. The molecule has 1 atom stereocenters. The van der Waals surface area contributed by atoms with Crippen LogP contribution in [-0.2, 0) is 4.79 Å². The number of anilines is 1. The van der Waals surface area contributed by atoms with Crippen molar-refractivity contribution in [2.24, 2.45) is 0 Å². The molecule has 2 aliphatic rings. The summed E-state index contributed by atoms with van der Waals surface area (Å²) in [5, 5.41) is 0. The van der Waals surface area contributed by atoms with Gasteiger partial charge in [0.15, 0.2) is 0 Å². The van der Waals surface area contributed by atoms with Gasteiger partial charge in [0.05, 0.1) is 11.3 Å². The van der Waals surface area contributed by atoms with E-state index in [1.165, 1.54) is 0 Å². The quantitative estimate of drug-likeness (QED) is 0.757. The van der Waals surface area contributed by atoms with E-state index < -0.39 is 0 Å². The molecule has 98 valence electrons. The smallest absolute Gasteiger partial charge is 0.256 e. The van der Waals surface area contributed by atoms with E-state index in [0.717, 1.165) is 12.8 Å². The van der Waals surface area contributed by atoms with Gasteiger partial charge in [-0.05, 0) is 25.0 Å². The molecule has 1 aromatic rings. The van der Waals surface area contributed by atoms with Crippen LogP contribution in [0.25, 0.3) is 0 Å². The largest absolute Gasteiger partial charge is 0.327 e. The molecule has 1 aromatic carbocycles. The molecule has 0 unspecified atom stereocenters. The SMILES string of the molecule is C=CCN1C(=O)[C@H]2CCCN2C(=O)c2ccccc21. The molecule has 3 rings (SSSR count). The summed E-state index contributed by atoms with van der Waals surface area (Å²) in [5.74, 6) is -0.0197. The van der Waals surface area contributed by atoms with Crippen molar-refractivity contribution in [3.63, 3.8) is 0 Å². The average Bonchev–Trinajstić information content (AvgIpc) is 2.90. The second kappa shape index (κ2) is 4.53. The van der Waals surface area contributed by atoms with Gasteiger partial charge >= 0.3 is 0 Å². The zero-order chi connectivity index (χ0) is 13.4. The predicted octanol–water partition coefficient (Wildman–Crippen LogP) is 1.82. The average molecular weight is 256 g/mol. The Labute approximate surface area is 112 Å². The van der Waals surface area contributed by atoms with Gasteiger partial charge < -0.3 is 9.80 Å². The number of hydrogen-bond acceptors (Lipinski definition) is 2. The Hall–Kier alpha value is -2.10. The van der Waals surface area contributed by atoms with Crippen molar-refractivity contribution in [2.75, 3.05) is 18.0 Å². The van der Waals surface area contributed by atoms with E-state index in [-0.39, 0.29) is 17.9 Å². The lowest BCUT2D eigenvalue weighted by atomic mass is 10.1. The number of amides is 2. The number of hydrogen-bond donors (Lipinski definition) is 0. The maximum atomic E-state index is 12.6. The molecule has 1 saturated heterocycles. The minimum atomic E-state index is -0.306. The van der Waals surface area contributed by atoms with Crippen LogP contribution < -0.4 is 4.90 Å². The van der Waals surface area contributed by atoms with Gasteiger partial charge in [-0.1, -0.05) is 18.2 Å². The molecule has 0 radical (unpaired) electrons. The summed E-state index contributed by atoms with van der Waals surface area (Å²) in [6.45, 7) is 4.81. The van der Waals surface area contributed by atoms with E-state index in [1.807, 2.05) is 18.2 Å². The van der Waals surface area contributed by atoms with Gasteiger partial charge in [0, 0.05) is 13.1 Å². The molecular weight excluding hydrogens is 240 g/mol. The Kier molecular flexibility index (Phi) is 2.85. The van der Waals surface area contributed by atoms with Gasteiger partial charge in [-0.15, -0.1) is 6.58 Å². The summed E-state index contributed by atoms with van der Waals surface area (Å²) in [6, 6.07) is 7.01. The van der Waals surface area contributed by atoms with Crippen LogP contribution >= 0.6 is 0 Å². The zero-order valence-electron chi connectivity index (χ0n) is 10.7. The Morgan fingerprint density at radius 2 is 2.11 bits per heavy atom. The van der Waals surface area contributed by atoms with Crippen LogP contribution in [0.5, 0.6) is 0 Å². The summed E-state index contributed by atoms with van der Waals surface area (Å²) < 4.78 is 0. The predicted molar refractivity (Wildman–Crippen MR) is 73.1 cm³/mol. The van der Waals surface area contributed by atoms with Crippen molar-refractivity contribution in [2.45, 2.75) is 18.9 Å². The van der Waals surface area contributed by atoms with Crippen molar-refractivity contribution in [1.29, 1.82) is 0 Å². The fraction of sp³-hybridized carbons (Fsp3) is 0.333.